The first-order chi connectivity index (χ1) is 6.21. The van der Waals surface area contributed by atoms with E-state index in [0.29, 0.717) is 0 Å². The number of hydrogen-bond donors (Lipinski definition) is 0. The largest absolute Gasteiger partial charge is 0.412 e. The van der Waals surface area contributed by atoms with Gasteiger partial charge in [-0.05, 0) is 17.8 Å². The zero-order chi connectivity index (χ0) is 11.0. The van der Waals surface area contributed by atoms with Crippen LogP contribution in [0, 0.1) is 11.3 Å². The average molecular weight is 204 g/mol. The monoisotopic (exact) mass is 204 g/mol. The lowest BCUT2D eigenvalue weighted by Crippen LogP contribution is -2.24. The number of alkyl halides is 3. The molecule has 0 saturated carbocycles. The predicted octanol–water partition coefficient (Wildman–Crippen LogP) is 4.10. The molecule has 0 heterocycles. The number of allylic oxidation sites excluding steroid dienone is 4. The van der Waals surface area contributed by atoms with Crippen LogP contribution in [0.1, 0.15) is 27.2 Å². The molecule has 0 spiro atoms. The average Bonchev–Trinajstić information content (AvgIpc) is 2.01. The molecule has 80 valence electrons. The van der Waals surface area contributed by atoms with E-state index in [1.54, 1.807) is 0 Å². The predicted molar refractivity (Wildman–Crippen MR) is 50.8 cm³/mol. The van der Waals surface area contributed by atoms with Crippen molar-refractivity contribution in [3.8, 4) is 0 Å². The Labute approximate surface area is 82.5 Å². The minimum absolute atomic E-state index is 0.0240. The van der Waals surface area contributed by atoms with Gasteiger partial charge in [0, 0.05) is 5.57 Å². The molecule has 1 aliphatic rings. The molecule has 0 bridgehead atoms. The summed E-state index contributed by atoms with van der Waals surface area (Å²) in [6.07, 6.45) is 0.470. The Morgan fingerprint density at radius 2 is 1.79 bits per heavy atom. The minimum Gasteiger partial charge on any atom is -0.166 e. The third-order valence-corrected chi connectivity index (χ3v) is 2.56. The molecular weight excluding hydrogens is 189 g/mol. The zero-order valence-corrected chi connectivity index (χ0v) is 8.65. The molecule has 0 aromatic carbocycles. The number of rotatable bonds is 0. The molecule has 1 atom stereocenters. The van der Waals surface area contributed by atoms with E-state index in [9.17, 15) is 13.2 Å². The van der Waals surface area contributed by atoms with Gasteiger partial charge in [0.1, 0.15) is 0 Å². The number of hydrogen-bond acceptors (Lipinski definition) is 0. The van der Waals surface area contributed by atoms with Crippen molar-refractivity contribution >= 4 is 0 Å². The third kappa shape index (κ3) is 2.63. The fourth-order valence-corrected chi connectivity index (χ4v) is 1.48. The number of halogens is 3. The second-order valence-electron chi connectivity index (χ2n) is 4.75. The van der Waals surface area contributed by atoms with Crippen LogP contribution in [0.3, 0.4) is 0 Å². The Morgan fingerprint density at radius 3 is 2.21 bits per heavy atom. The molecule has 0 aliphatic heterocycles. The Kier molecular flexibility index (Phi) is 2.79. The maximum Gasteiger partial charge on any atom is 0.412 e. The van der Waals surface area contributed by atoms with Crippen molar-refractivity contribution in [2.24, 2.45) is 11.3 Å². The molecule has 0 radical (unpaired) electrons. The van der Waals surface area contributed by atoms with Crippen molar-refractivity contribution in [1.29, 1.82) is 0 Å². The minimum atomic E-state index is -4.17. The second kappa shape index (κ2) is 3.44. The Morgan fingerprint density at radius 1 is 1.21 bits per heavy atom. The molecule has 1 rings (SSSR count). The van der Waals surface area contributed by atoms with Crippen LogP contribution in [-0.4, -0.2) is 6.18 Å². The van der Waals surface area contributed by atoms with Gasteiger partial charge in [0.25, 0.3) is 0 Å². The zero-order valence-electron chi connectivity index (χ0n) is 8.65. The van der Waals surface area contributed by atoms with Gasteiger partial charge in [-0.15, -0.1) is 0 Å². The molecule has 1 aliphatic carbocycles. The van der Waals surface area contributed by atoms with E-state index in [-0.39, 0.29) is 17.8 Å². The summed E-state index contributed by atoms with van der Waals surface area (Å²) in [5.74, 6) is -0.0240. The molecule has 0 fully saturated rings. The lowest BCUT2D eigenvalue weighted by molar-refractivity contribution is -0.0960. The summed E-state index contributed by atoms with van der Waals surface area (Å²) >= 11 is 0. The molecule has 0 aromatic rings. The van der Waals surface area contributed by atoms with Crippen molar-refractivity contribution < 1.29 is 13.2 Å². The molecule has 0 saturated heterocycles. The quantitative estimate of drug-likeness (QED) is 0.557. The van der Waals surface area contributed by atoms with Crippen molar-refractivity contribution in [3.05, 3.63) is 23.8 Å². The Bertz CT molecular complexity index is 263. The normalized spacial score (nSPS) is 23.6. The molecule has 14 heavy (non-hydrogen) atoms. The maximum atomic E-state index is 12.4. The van der Waals surface area contributed by atoms with Crippen LogP contribution in [0.5, 0.6) is 0 Å². The molecule has 0 N–H and O–H groups in total. The molecule has 0 nitrogen and oxygen atoms in total. The lowest BCUT2D eigenvalue weighted by atomic mass is 9.75. The van der Waals surface area contributed by atoms with Gasteiger partial charge in [0.15, 0.2) is 0 Å². The fraction of sp³-hybridized carbons (Fsp3) is 0.636. The standard InChI is InChI=1S/C11H15F3/c1-10(2,3)8-5-4-6-9(7-8)11(12,13)14/h4-6,8H,7H2,1-3H3. The Balaban J connectivity index is 2.80. The van der Waals surface area contributed by atoms with Crippen LogP contribution < -0.4 is 0 Å². The van der Waals surface area contributed by atoms with E-state index >= 15 is 0 Å². The van der Waals surface area contributed by atoms with Crippen molar-refractivity contribution in [3.63, 3.8) is 0 Å². The van der Waals surface area contributed by atoms with E-state index in [1.165, 1.54) is 12.2 Å². The summed E-state index contributed by atoms with van der Waals surface area (Å²) in [6.45, 7) is 5.88. The van der Waals surface area contributed by atoms with E-state index in [0.717, 1.165) is 0 Å². The van der Waals surface area contributed by atoms with Crippen LogP contribution in [0.4, 0.5) is 13.2 Å². The summed E-state index contributed by atoms with van der Waals surface area (Å²) in [5, 5.41) is 0. The van der Waals surface area contributed by atoms with E-state index < -0.39 is 11.7 Å². The summed E-state index contributed by atoms with van der Waals surface area (Å²) in [4.78, 5) is 0. The first-order valence-electron chi connectivity index (χ1n) is 4.66. The van der Waals surface area contributed by atoms with Gasteiger partial charge >= 0.3 is 6.18 Å². The van der Waals surface area contributed by atoms with E-state index in [1.807, 2.05) is 26.8 Å². The van der Waals surface area contributed by atoms with Gasteiger partial charge in [0.2, 0.25) is 0 Å². The topological polar surface area (TPSA) is 0 Å². The van der Waals surface area contributed by atoms with Crippen LogP contribution in [-0.2, 0) is 0 Å². The van der Waals surface area contributed by atoms with Crippen LogP contribution >= 0.6 is 0 Å². The SMILES string of the molecule is CC(C)(C)C1C=CC=C(C(F)(F)F)C1. The first-order valence-corrected chi connectivity index (χ1v) is 4.66. The highest BCUT2D eigenvalue weighted by molar-refractivity contribution is 5.24. The van der Waals surface area contributed by atoms with Crippen LogP contribution in [0.2, 0.25) is 0 Å². The van der Waals surface area contributed by atoms with Crippen LogP contribution in [0.15, 0.2) is 23.8 Å². The fourth-order valence-electron chi connectivity index (χ4n) is 1.48. The maximum absolute atomic E-state index is 12.4. The van der Waals surface area contributed by atoms with Gasteiger partial charge in [-0.3, -0.25) is 0 Å². The van der Waals surface area contributed by atoms with E-state index in [2.05, 4.69) is 0 Å². The lowest BCUT2D eigenvalue weighted by Gasteiger charge is -2.31. The molecule has 1 unspecified atom stereocenters. The van der Waals surface area contributed by atoms with Crippen molar-refractivity contribution in [2.45, 2.75) is 33.4 Å². The molecule has 3 heteroatoms. The van der Waals surface area contributed by atoms with Crippen molar-refractivity contribution in [2.75, 3.05) is 0 Å². The highest BCUT2D eigenvalue weighted by Crippen LogP contribution is 2.39. The van der Waals surface area contributed by atoms with Crippen molar-refractivity contribution in [1.82, 2.24) is 0 Å². The van der Waals surface area contributed by atoms with E-state index in [4.69, 9.17) is 0 Å². The highest BCUT2D eigenvalue weighted by Gasteiger charge is 2.37. The second-order valence-corrected chi connectivity index (χ2v) is 4.75. The summed E-state index contributed by atoms with van der Waals surface area (Å²) < 4.78 is 37.2. The summed E-state index contributed by atoms with van der Waals surface area (Å²) in [6, 6.07) is 0. The smallest absolute Gasteiger partial charge is 0.166 e. The highest BCUT2D eigenvalue weighted by atomic mass is 19.4. The van der Waals surface area contributed by atoms with Gasteiger partial charge in [-0.25, -0.2) is 0 Å². The molecule has 0 aromatic heterocycles. The van der Waals surface area contributed by atoms with Gasteiger partial charge in [-0.1, -0.05) is 39.0 Å². The Hall–Kier alpha value is -0.730. The van der Waals surface area contributed by atoms with Gasteiger partial charge < -0.3 is 0 Å². The third-order valence-electron chi connectivity index (χ3n) is 2.56. The van der Waals surface area contributed by atoms with Gasteiger partial charge in [0.05, 0.1) is 0 Å². The van der Waals surface area contributed by atoms with Crippen LogP contribution in [0.25, 0.3) is 0 Å². The van der Waals surface area contributed by atoms with Gasteiger partial charge in [-0.2, -0.15) is 13.2 Å². The summed E-state index contributed by atoms with van der Waals surface area (Å²) in [5.41, 5.74) is -0.527. The molecule has 0 amide bonds. The molecular formula is C11H15F3. The first kappa shape index (κ1) is 11.3. The summed E-state index contributed by atoms with van der Waals surface area (Å²) in [7, 11) is 0.